The predicted octanol–water partition coefficient (Wildman–Crippen LogP) is 3.21. The molecule has 1 aromatic rings. The minimum Gasteiger partial charge on any atom is -0.381 e. The van der Waals surface area contributed by atoms with Gasteiger partial charge in [0.15, 0.2) is 0 Å². The summed E-state index contributed by atoms with van der Waals surface area (Å²) in [6, 6.07) is 5.79. The Morgan fingerprint density at radius 2 is 2.33 bits per heavy atom. The average molecular weight is 251 g/mol. The van der Waals surface area contributed by atoms with E-state index in [1.165, 1.54) is 0 Å². The zero-order valence-corrected chi connectivity index (χ0v) is 11.2. The molecular formula is C15H22FNO. The van der Waals surface area contributed by atoms with Gasteiger partial charge in [0.2, 0.25) is 0 Å². The van der Waals surface area contributed by atoms with E-state index in [0.717, 1.165) is 38.2 Å². The Hall–Kier alpha value is -0.930. The van der Waals surface area contributed by atoms with Crippen LogP contribution >= 0.6 is 0 Å². The Kier molecular flexibility index (Phi) is 4.72. The highest BCUT2D eigenvalue weighted by molar-refractivity contribution is 5.26. The highest BCUT2D eigenvalue weighted by Crippen LogP contribution is 2.27. The molecule has 1 aromatic carbocycles. The van der Waals surface area contributed by atoms with Crippen molar-refractivity contribution in [2.45, 2.75) is 32.7 Å². The highest BCUT2D eigenvalue weighted by atomic mass is 19.1. The van der Waals surface area contributed by atoms with Crippen molar-refractivity contribution < 1.29 is 9.13 Å². The molecule has 2 atom stereocenters. The summed E-state index contributed by atoms with van der Waals surface area (Å²) in [5.74, 6) is 0.483. The summed E-state index contributed by atoms with van der Waals surface area (Å²) in [6.07, 6.45) is 2.15. The zero-order valence-electron chi connectivity index (χ0n) is 11.2. The molecule has 1 saturated heterocycles. The molecule has 2 unspecified atom stereocenters. The van der Waals surface area contributed by atoms with Crippen LogP contribution in [-0.2, 0) is 4.74 Å². The maximum Gasteiger partial charge on any atom is 0.126 e. The number of hydrogen-bond acceptors (Lipinski definition) is 2. The number of nitrogens with one attached hydrogen (secondary N) is 1. The van der Waals surface area contributed by atoms with Crippen LogP contribution in [0.15, 0.2) is 18.2 Å². The predicted molar refractivity (Wildman–Crippen MR) is 71.1 cm³/mol. The Labute approximate surface area is 109 Å². The first kappa shape index (κ1) is 13.5. The van der Waals surface area contributed by atoms with Gasteiger partial charge in [0.25, 0.3) is 0 Å². The largest absolute Gasteiger partial charge is 0.381 e. The molecule has 1 fully saturated rings. The van der Waals surface area contributed by atoms with E-state index in [9.17, 15) is 4.39 Å². The van der Waals surface area contributed by atoms with Gasteiger partial charge in [0.05, 0.1) is 0 Å². The van der Waals surface area contributed by atoms with Gasteiger partial charge in [-0.1, -0.05) is 19.1 Å². The van der Waals surface area contributed by atoms with E-state index in [2.05, 4.69) is 12.2 Å². The molecular weight excluding hydrogens is 229 g/mol. The minimum absolute atomic E-state index is 0.113. The van der Waals surface area contributed by atoms with Gasteiger partial charge in [0.1, 0.15) is 5.82 Å². The summed E-state index contributed by atoms with van der Waals surface area (Å²) in [5, 5.41) is 3.45. The first-order chi connectivity index (χ1) is 8.70. The molecule has 100 valence electrons. The summed E-state index contributed by atoms with van der Waals surface area (Å²) < 4.78 is 19.1. The first-order valence-corrected chi connectivity index (χ1v) is 6.78. The molecule has 0 saturated carbocycles. The van der Waals surface area contributed by atoms with E-state index < -0.39 is 0 Å². The number of benzene rings is 1. The van der Waals surface area contributed by atoms with Crippen molar-refractivity contribution >= 4 is 0 Å². The Morgan fingerprint density at radius 3 is 2.94 bits per heavy atom. The van der Waals surface area contributed by atoms with Gasteiger partial charge < -0.3 is 10.1 Å². The fourth-order valence-electron chi connectivity index (χ4n) is 2.51. The van der Waals surface area contributed by atoms with Crippen molar-refractivity contribution in [3.8, 4) is 0 Å². The second-order valence-electron chi connectivity index (χ2n) is 5.08. The minimum atomic E-state index is -0.113. The van der Waals surface area contributed by atoms with E-state index in [0.29, 0.717) is 11.5 Å². The third kappa shape index (κ3) is 3.30. The number of ether oxygens (including phenoxy) is 1. The standard InChI is InChI=1S/C15H22FNO/c1-3-17-15(8-12-6-7-18-10-12)13-5-4-11(2)14(16)9-13/h4-5,9,12,15,17H,3,6-8,10H2,1-2H3. The molecule has 1 N–H and O–H groups in total. The van der Waals surface area contributed by atoms with Gasteiger partial charge >= 0.3 is 0 Å². The van der Waals surface area contributed by atoms with Crippen LogP contribution in [0.4, 0.5) is 4.39 Å². The highest BCUT2D eigenvalue weighted by Gasteiger charge is 2.21. The lowest BCUT2D eigenvalue weighted by Crippen LogP contribution is -2.24. The first-order valence-electron chi connectivity index (χ1n) is 6.78. The van der Waals surface area contributed by atoms with Crippen molar-refractivity contribution in [3.63, 3.8) is 0 Å². The van der Waals surface area contributed by atoms with Crippen molar-refractivity contribution in [2.24, 2.45) is 5.92 Å². The SMILES string of the molecule is CCNC(CC1CCOC1)c1ccc(C)c(F)c1. The average Bonchev–Trinajstić information content (AvgIpc) is 2.85. The maximum absolute atomic E-state index is 13.6. The van der Waals surface area contributed by atoms with Crippen LogP contribution in [0, 0.1) is 18.7 Å². The van der Waals surface area contributed by atoms with E-state index >= 15 is 0 Å². The Balaban J connectivity index is 2.09. The molecule has 0 radical (unpaired) electrons. The van der Waals surface area contributed by atoms with Crippen LogP contribution in [0.5, 0.6) is 0 Å². The molecule has 0 bridgehead atoms. The Morgan fingerprint density at radius 1 is 1.50 bits per heavy atom. The van der Waals surface area contributed by atoms with E-state index in [4.69, 9.17) is 4.74 Å². The number of halogens is 1. The molecule has 1 aliphatic heterocycles. The summed E-state index contributed by atoms with van der Waals surface area (Å²) in [6.45, 7) is 6.49. The number of hydrogen-bond donors (Lipinski definition) is 1. The topological polar surface area (TPSA) is 21.3 Å². The van der Waals surface area contributed by atoms with Gasteiger partial charge in [-0.15, -0.1) is 0 Å². The van der Waals surface area contributed by atoms with E-state index in [1.54, 1.807) is 13.0 Å². The van der Waals surface area contributed by atoms with Crippen molar-refractivity contribution in [1.82, 2.24) is 5.32 Å². The van der Waals surface area contributed by atoms with Crippen molar-refractivity contribution in [2.75, 3.05) is 19.8 Å². The third-order valence-electron chi connectivity index (χ3n) is 3.64. The number of aryl methyl sites for hydroxylation is 1. The molecule has 18 heavy (non-hydrogen) atoms. The molecule has 0 amide bonds. The summed E-state index contributed by atoms with van der Waals surface area (Å²) in [4.78, 5) is 0. The quantitative estimate of drug-likeness (QED) is 0.867. The fraction of sp³-hybridized carbons (Fsp3) is 0.600. The van der Waals surface area contributed by atoms with Crippen LogP contribution in [0.2, 0.25) is 0 Å². The van der Waals surface area contributed by atoms with Gasteiger partial charge in [-0.3, -0.25) is 0 Å². The van der Waals surface area contributed by atoms with Crippen LogP contribution in [0.3, 0.4) is 0 Å². The van der Waals surface area contributed by atoms with Gasteiger partial charge in [-0.05, 0) is 49.4 Å². The second kappa shape index (κ2) is 6.30. The summed E-state index contributed by atoms with van der Waals surface area (Å²) >= 11 is 0. The molecule has 2 rings (SSSR count). The van der Waals surface area contributed by atoms with E-state index in [1.807, 2.05) is 12.1 Å². The third-order valence-corrected chi connectivity index (χ3v) is 3.64. The Bertz CT molecular complexity index is 388. The molecule has 0 spiro atoms. The molecule has 1 heterocycles. The van der Waals surface area contributed by atoms with Crippen LogP contribution in [-0.4, -0.2) is 19.8 Å². The lowest BCUT2D eigenvalue weighted by Gasteiger charge is -2.21. The van der Waals surface area contributed by atoms with Crippen LogP contribution in [0.1, 0.15) is 36.9 Å². The van der Waals surface area contributed by atoms with Crippen LogP contribution in [0.25, 0.3) is 0 Å². The lowest BCUT2D eigenvalue weighted by molar-refractivity contribution is 0.181. The zero-order chi connectivity index (χ0) is 13.0. The molecule has 1 aliphatic rings. The van der Waals surface area contributed by atoms with E-state index in [-0.39, 0.29) is 11.9 Å². The smallest absolute Gasteiger partial charge is 0.126 e. The van der Waals surface area contributed by atoms with Crippen molar-refractivity contribution in [1.29, 1.82) is 0 Å². The van der Waals surface area contributed by atoms with Gasteiger partial charge in [0, 0.05) is 19.3 Å². The maximum atomic E-state index is 13.6. The summed E-state index contributed by atoms with van der Waals surface area (Å²) in [7, 11) is 0. The van der Waals surface area contributed by atoms with Crippen LogP contribution < -0.4 is 5.32 Å². The second-order valence-corrected chi connectivity index (χ2v) is 5.08. The summed E-state index contributed by atoms with van der Waals surface area (Å²) in [5.41, 5.74) is 1.75. The molecule has 0 aromatic heterocycles. The van der Waals surface area contributed by atoms with Gasteiger partial charge in [-0.25, -0.2) is 4.39 Å². The molecule has 0 aliphatic carbocycles. The van der Waals surface area contributed by atoms with Crippen molar-refractivity contribution in [3.05, 3.63) is 35.1 Å². The molecule has 2 nitrogen and oxygen atoms in total. The monoisotopic (exact) mass is 251 g/mol. The fourth-order valence-corrected chi connectivity index (χ4v) is 2.51. The lowest BCUT2D eigenvalue weighted by atomic mass is 9.93. The molecule has 3 heteroatoms. The number of rotatable bonds is 5. The normalized spacial score (nSPS) is 21.2. The van der Waals surface area contributed by atoms with Gasteiger partial charge in [-0.2, -0.15) is 0 Å².